The summed E-state index contributed by atoms with van der Waals surface area (Å²) in [6, 6.07) is 11.3. The summed E-state index contributed by atoms with van der Waals surface area (Å²) >= 11 is 0. The van der Waals surface area contributed by atoms with E-state index in [9.17, 15) is 0 Å². The highest BCUT2D eigenvalue weighted by Gasteiger charge is 2.39. The highest BCUT2D eigenvalue weighted by molar-refractivity contribution is 5.16. The smallest absolute Gasteiger partial charge is 0.0310 e. The molecule has 1 saturated heterocycles. The van der Waals surface area contributed by atoms with Gasteiger partial charge in [-0.1, -0.05) is 30.3 Å². The maximum atomic E-state index is 3.43. The quantitative estimate of drug-likeness (QED) is 0.837. The number of hydrogen-bond donors (Lipinski definition) is 1. The molecule has 1 unspecified atom stereocenters. The second-order valence-electron chi connectivity index (χ2n) is 5.19. The van der Waals surface area contributed by atoms with Gasteiger partial charge in [0, 0.05) is 24.7 Å². The first-order valence-electron chi connectivity index (χ1n) is 6.11. The van der Waals surface area contributed by atoms with Crippen molar-refractivity contribution in [3.05, 3.63) is 35.9 Å². The topological polar surface area (TPSA) is 15.3 Å². The molecular weight excluding hydrogens is 196 g/mol. The summed E-state index contributed by atoms with van der Waals surface area (Å²) in [4.78, 5) is 2.57. The molecule has 2 nitrogen and oxygen atoms in total. The molecule has 1 aliphatic rings. The van der Waals surface area contributed by atoms with Crippen molar-refractivity contribution < 1.29 is 0 Å². The van der Waals surface area contributed by atoms with Crippen molar-refractivity contribution in [1.82, 2.24) is 10.2 Å². The van der Waals surface area contributed by atoms with Crippen LogP contribution in [0.1, 0.15) is 25.8 Å². The lowest BCUT2D eigenvalue weighted by atomic mass is 9.95. The Morgan fingerprint density at radius 2 is 2.00 bits per heavy atom. The Kier molecular flexibility index (Phi) is 3.31. The molecule has 1 fully saturated rings. The molecule has 1 heterocycles. The zero-order valence-corrected chi connectivity index (χ0v) is 10.5. The van der Waals surface area contributed by atoms with Crippen molar-refractivity contribution in [2.45, 2.75) is 38.4 Å². The molecule has 2 rings (SSSR count). The van der Waals surface area contributed by atoms with Crippen LogP contribution in [0.3, 0.4) is 0 Å². The molecule has 2 heteroatoms. The highest BCUT2D eigenvalue weighted by Crippen LogP contribution is 2.30. The van der Waals surface area contributed by atoms with Crippen molar-refractivity contribution in [2.24, 2.45) is 0 Å². The van der Waals surface area contributed by atoms with Crippen LogP contribution in [-0.4, -0.2) is 30.1 Å². The van der Waals surface area contributed by atoms with Crippen LogP contribution in [0, 0.1) is 0 Å². The minimum Gasteiger partial charge on any atom is -0.315 e. The predicted molar refractivity (Wildman–Crippen MR) is 68.4 cm³/mol. The molecule has 1 N–H and O–H groups in total. The Morgan fingerprint density at radius 3 is 2.56 bits per heavy atom. The maximum absolute atomic E-state index is 3.43. The molecule has 1 aromatic rings. The number of benzene rings is 1. The van der Waals surface area contributed by atoms with E-state index in [1.807, 2.05) is 0 Å². The van der Waals surface area contributed by atoms with Crippen LogP contribution in [0.15, 0.2) is 30.3 Å². The van der Waals surface area contributed by atoms with Crippen molar-refractivity contribution in [3.8, 4) is 0 Å². The highest BCUT2D eigenvalue weighted by atomic mass is 15.2. The second-order valence-corrected chi connectivity index (χ2v) is 5.19. The average molecular weight is 218 g/mol. The summed E-state index contributed by atoms with van der Waals surface area (Å²) in [5.74, 6) is 0. The van der Waals surface area contributed by atoms with Crippen LogP contribution >= 0.6 is 0 Å². The van der Waals surface area contributed by atoms with Crippen molar-refractivity contribution in [1.29, 1.82) is 0 Å². The number of hydrogen-bond acceptors (Lipinski definition) is 2. The third-order valence-corrected chi connectivity index (χ3v) is 3.92. The van der Waals surface area contributed by atoms with E-state index in [1.165, 1.54) is 18.5 Å². The van der Waals surface area contributed by atoms with Gasteiger partial charge in [0.1, 0.15) is 0 Å². The Labute approximate surface area is 98.7 Å². The van der Waals surface area contributed by atoms with Gasteiger partial charge in [0.2, 0.25) is 0 Å². The second kappa shape index (κ2) is 4.56. The number of nitrogens with one attached hydrogen (secondary N) is 1. The van der Waals surface area contributed by atoms with E-state index in [-0.39, 0.29) is 5.54 Å². The summed E-state index contributed by atoms with van der Waals surface area (Å²) in [5.41, 5.74) is 1.66. The van der Waals surface area contributed by atoms with Gasteiger partial charge in [-0.3, -0.25) is 4.90 Å². The Balaban J connectivity index is 2.07. The van der Waals surface area contributed by atoms with Crippen molar-refractivity contribution in [3.63, 3.8) is 0 Å². The first-order valence-corrected chi connectivity index (χ1v) is 6.11. The predicted octanol–water partition coefficient (Wildman–Crippen LogP) is 2.26. The maximum Gasteiger partial charge on any atom is 0.0310 e. The molecule has 0 aromatic heterocycles. The fraction of sp³-hybridized carbons (Fsp3) is 0.571. The zero-order chi connectivity index (χ0) is 11.6. The standard InChI is InChI=1S/C14H22N2/c1-14(2)13(15-3)9-10-16(14)11-12-7-5-4-6-8-12/h4-8,13,15H,9-11H2,1-3H3. The zero-order valence-electron chi connectivity index (χ0n) is 10.5. The monoisotopic (exact) mass is 218 g/mol. The summed E-state index contributed by atoms with van der Waals surface area (Å²) in [7, 11) is 2.07. The van der Waals surface area contributed by atoms with Gasteiger partial charge >= 0.3 is 0 Å². The molecule has 0 amide bonds. The summed E-state index contributed by atoms with van der Waals surface area (Å²) in [6.07, 6.45) is 1.25. The largest absolute Gasteiger partial charge is 0.315 e. The summed E-state index contributed by atoms with van der Waals surface area (Å²) < 4.78 is 0. The van der Waals surface area contributed by atoms with Gasteiger partial charge in [-0.2, -0.15) is 0 Å². The average Bonchev–Trinajstić information content (AvgIpc) is 2.56. The van der Waals surface area contributed by atoms with E-state index in [0.717, 1.165) is 6.54 Å². The van der Waals surface area contributed by atoms with E-state index in [2.05, 4.69) is 61.4 Å². The van der Waals surface area contributed by atoms with Gasteiger partial charge in [0.25, 0.3) is 0 Å². The van der Waals surface area contributed by atoms with Crippen LogP contribution in [0.4, 0.5) is 0 Å². The third kappa shape index (κ3) is 2.13. The summed E-state index contributed by atoms with van der Waals surface area (Å²) in [6.45, 7) is 6.92. The van der Waals surface area contributed by atoms with Gasteiger partial charge in [-0.25, -0.2) is 0 Å². The molecular formula is C14H22N2. The van der Waals surface area contributed by atoms with Crippen LogP contribution in [0.2, 0.25) is 0 Å². The fourth-order valence-electron chi connectivity index (χ4n) is 2.73. The minimum atomic E-state index is 0.255. The molecule has 0 radical (unpaired) electrons. The molecule has 1 atom stereocenters. The molecule has 0 aliphatic carbocycles. The third-order valence-electron chi connectivity index (χ3n) is 3.92. The van der Waals surface area contributed by atoms with Gasteiger partial charge in [0.05, 0.1) is 0 Å². The Morgan fingerprint density at radius 1 is 1.31 bits per heavy atom. The van der Waals surface area contributed by atoms with E-state index in [0.29, 0.717) is 6.04 Å². The van der Waals surface area contributed by atoms with Crippen molar-refractivity contribution >= 4 is 0 Å². The van der Waals surface area contributed by atoms with E-state index < -0.39 is 0 Å². The van der Waals surface area contributed by atoms with Gasteiger partial charge in [-0.05, 0) is 32.9 Å². The Bertz CT molecular complexity index is 332. The number of likely N-dealkylation sites (tertiary alicyclic amines) is 1. The molecule has 1 aromatic carbocycles. The molecule has 1 aliphatic heterocycles. The van der Waals surface area contributed by atoms with Gasteiger partial charge in [-0.15, -0.1) is 0 Å². The minimum absolute atomic E-state index is 0.255. The van der Waals surface area contributed by atoms with E-state index in [1.54, 1.807) is 0 Å². The summed E-state index contributed by atoms with van der Waals surface area (Å²) in [5, 5.41) is 3.43. The van der Waals surface area contributed by atoms with Crippen LogP contribution in [0.5, 0.6) is 0 Å². The first-order chi connectivity index (χ1) is 7.64. The number of likely N-dealkylation sites (N-methyl/N-ethyl adjacent to an activating group) is 1. The van der Waals surface area contributed by atoms with Crippen LogP contribution in [-0.2, 0) is 6.54 Å². The number of nitrogens with zero attached hydrogens (tertiary/aromatic N) is 1. The van der Waals surface area contributed by atoms with E-state index in [4.69, 9.17) is 0 Å². The normalized spacial score (nSPS) is 24.8. The van der Waals surface area contributed by atoms with Gasteiger partial charge in [0.15, 0.2) is 0 Å². The molecule has 88 valence electrons. The van der Waals surface area contributed by atoms with E-state index >= 15 is 0 Å². The lowest BCUT2D eigenvalue weighted by Gasteiger charge is -2.36. The lowest BCUT2D eigenvalue weighted by molar-refractivity contribution is 0.146. The molecule has 0 bridgehead atoms. The fourth-order valence-corrected chi connectivity index (χ4v) is 2.73. The van der Waals surface area contributed by atoms with Gasteiger partial charge < -0.3 is 5.32 Å². The van der Waals surface area contributed by atoms with Crippen molar-refractivity contribution in [2.75, 3.05) is 13.6 Å². The molecule has 0 spiro atoms. The first kappa shape index (κ1) is 11.6. The van der Waals surface area contributed by atoms with Crippen LogP contribution in [0.25, 0.3) is 0 Å². The Hall–Kier alpha value is -0.860. The lowest BCUT2D eigenvalue weighted by Crippen LogP contribution is -2.49. The molecule has 0 saturated carbocycles. The number of rotatable bonds is 3. The van der Waals surface area contributed by atoms with Crippen LogP contribution < -0.4 is 5.32 Å². The SMILES string of the molecule is CNC1CCN(Cc2ccccc2)C1(C)C. The molecule has 16 heavy (non-hydrogen) atoms.